The van der Waals surface area contributed by atoms with Crippen LogP contribution in [0.4, 0.5) is 11.8 Å². The van der Waals surface area contributed by atoms with Crippen molar-refractivity contribution in [3.63, 3.8) is 0 Å². The third-order valence-corrected chi connectivity index (χ3v) is 17.5. The monoisotopic (exact) mass is 1130 g/mol. The van der Waals surface area contributed by atoms with Crippen molar-refractivity contribution in [2.24, 2.45) is 13.0 Å². The van der Waals surface area contributed by atoms with Crippen LogP contribution in [0.5, 0.6) is 0 Å². The molecule has 74 heavy (non-hydrogen) atoms. The first-order valence-electron chi connectivity index (χ1n) is 21.5. The minimum atomic E-state index is -6.16. The fourth-order valence-corrected chi connectivity index (χ4v) is 13.4. The summed E-state index contributed by atoms with van der Waals surface area (Å²) in [5, 5.41) is 32.6. The van der Waals surface area contributed by atoms with Gasteiger partial charge in [-0.25, -0.2) is 38.0 Å². The molecule has 0 saturated carbocycles. The number of methoxy groups -OCH3 is 2. The molecular formula is C34H49N12O24P4+. The Morgan fingerprint density at radius 3 is 2.14 bits per heavy atom. The van der Waals surface area contributed by atoms with Crippen LogP contribution in [-0.2, 0) is 71.2 Å². The zero-order valence-corrected chi connectivity index (χ0v) is 42.0. The van der Waals surface area contributed by atoms with Gasteiger partial charge in [-0.05, 0) is 6.42 Å². The van der Waals surface area contributed by atoms with Crippen molar-refractivity contribution >= 4 is 65.2 Å². The van der Waals surface area contributed by atoms with Crippen LogP contribution < -0.4 is 32.8 Å². The molecule has 8 heterocycles. The highest BCUT2D eigenvalue weighted by Crippen LogP contribution is 2.68. The number of fused-ring (bicyclic) bond motifs is 2. The molecule has 0 spiro atoms. The summed E-state index contributed by atoms with van der Waals surface area (Å²) in [4.78, 5) is 99.8. The fourth-order valence-electron chi connectivity index (χ4n) is 8.56. The average Bonchev–Trinajstić information content (AvgIpc) is 4.10. The van der Waals surface area contributed by atoms with Crippen molar-refractivity contribution in [2.45, 2.75) is 73.9 Å². The predicted octanol–water partition coefficient (Wildman–Crippen LogP) is -3.52. The Morgan fingerprint density at radius 2 is 1.47 bits per heavy atom. The SMILES string of the molecule is COC[C@H]1[C@@H](O)[C@H]([n+]2cn(C)c3c(=O)[nH]c(N)nc32)O[C@@H]1COP(=O)(O)OP(=O)(O)OP(=O)(O)OC[C@H]1O[C@@H](n2cnc3c(N)ncnc32)[C@H](OC)[C@@H]1OP(=O)(O)CC[C@H]1O[C@@H](n2ccc(=O)[nH]c2=O)[C@H](O)[C@@H]1O. The summed E-state index contributed by atoms with van der Waals surface area (Å²) in [7, 11) is -18.9. The van der Waals surface area contributed by atoms with Gasteiger partial charge in [-0.1, -0.05) is 4.98 Å². The normalized spacial score (nSPS) is 30.6. The number of nitrogens with one attached hydrogen (secondary N) is 2. The van der Waals surface area contributed by atoms with Gasteiger partial charge in [0.1, 0.15) is 48.5 Å². The number of aliphatic hydroxyl groups is 3. The summed E-state index contributed by atoms with van der Waals surface area (Å²) < 4.78 is 110. The molecule has 8 rings (SSSR count). The highest BCUT2D eigenvalue weighted by atomic mass is 31.3. The van der Waals surface area contributed by atoms with E-state index in [0.29, 0.717) is 0 Å². The lowest BCUT2D eigenvalue weighted by Crippen LogP contribution is -2.45. The van der Waals surface area contributed by atoms with Gasteiger partial charge in [0.15, 0.2) is 30.2 Å². The highest BCUT2D eigenvalue weighted by molar-refractivity contribution is 7.66. The molecule has 40 heteroatoms. The van der Waals surface area contributed by atoms with Gasteiger partial charge < -0.3 is 70.0 Å². The molecular weight excluding hydrogens is 1080 g/mol. The van der Waals surface area contributed by atoms with E-state index in [0.717, 1.165) is 30.3 Å². The number of ether oxygens (including phenoxy) is 5. The second-order valence-electron chi connectivity index (χ2n) is 16.7. The molecule has 0 aromatic carbocycles. The molecule has 36 nitrogen and oxygen atoms in total. The van der Waals surface area contributed by atoms with Crippen LogP contribution >= 0.6 is 31.1 Å². The van der Waals surface area contributed by atoms with Crippen LogP contribution in [0, 0.1) is 5.92 Å². The van der Waals surface area contributed by atoms with E-state index in [1.807, 2.05) is 4.98 Å². The number of rotatable bonds is 21. The number of nitrogen functional groups attached to an aromatic ring is 2. The molecule has 5 aromatic heterocycles. The number of phosphoric acid groups is 3. The summed E-state index contributed by atoms with van der Waals surface area (Å²) in [5.74, 6) is -1.36. The molecule has 0 amide bonds. The molecule has 5 aromatic rings. The standard InChI is InChI=1S/C34H48N12O24P4/c1-43-13-46(28-20(43)29(51)42-33(36)41-28)30-21(48)14(8-61-2)16(66-30)9-63-72(55,56)69-74(59,60)70-73(57,58)64-10-17-24(25(62-3)32(67-17)45-12-39-19-26(35)37-11-38-27(19)45)68-71(53,54)7-5-15-22(49)23(50)31(65-15)44-6-4-18(47)40-34(44)52/h4,6,11-17,21-25,30-32,48-50H,5,7-10H2,1-3H3,(H9-,35,36,37,38,40,41,42,47,51,52,53,54,55,56,57,58,59,60)/p+1/t14-,15-,16-,17-,21-,22-,23-,24-,25-,30-,31-,32-/m1/s1. The second kappa shape index (κ2) is 21.4. The molecule has 4 unspecified atom stereocenters. The van der Waals surface area contributed by atoms with Gasteiger partial charge in [0, 0.05) is 32.4 Å². The lowest BCUT2D eigenvalue weighted by atomic mass is 9.99. The Balaban J connectivity index is 0.939. The molecule has 16 atom stereocenters. The number of nitrogens with zero attached hydrogens (tertiary/aromatic N) is 8. The van der Waals surface area contributed by atoms with Crippen molar-refractivity contribution in [1.82, 2.24) is 43.6 Å². The van der Waals surface area contributed by atoms with E-state index in [1.165, 1.54) is 40.5 Å². The average molecular weight is 1130 g/mol. The summed E-state index contributed by atoms with van der Waals surface area (Å²) in [6, 6.07) is 0.956. The van der Waals surface area contributed by atoms with E-state index in [1.54, 1.807) is 0 Å². The number of nitrogens with two attached hydrogens (primary N) is 2. The van der Waals surface area contributed by atoms with Gasteiger partial charge in [-0.3, -0.25) is 51.4 Å². The number of phosphoric ester groups is 2. The Hall–Kier alpha value is -4.58. The molecule has 0 radical (unpaired) electrons. The molecule has 408 valence electrons. The molecule has 3 saturated heterocycles. The first kappa shape index (κ1) is 55.6. The van der Waals surface area contributed by atoms with E-state index in [-0.39, 0.29) is 40.7 Å². The number of aromatic amines is 2. The minimum absolute atomic E-state index is 0.0160. The molecule has 0 bridgehead atoms. The summed E-state index contributed by atoms with van der Waals surface area (Å²) in [6.07, 6.45) is -13.7. The van der Waals surface area contributed by atoms with Crippen molar-refractivity contribution in [1.29, 1.82) is 0 Å². The van der Waals surface area contributed by atoms with Crippen molar-refractivity contribution in [3.8, 4) is 0 Å². The maximum absolute atomic E-state index is 13.8. The van der Waals surface area contributed by atoms with Gasteiger partial charge in [0.05, 0.1) is 51.6 Å². The lowest BCUT2D eigenvalue weighted by molar-refractivity contribution is -0.745. The topological polar surface area (TPSA) is 507 Å². The number of aliphatic hydroxyl groups excluding tert-OH is 3. The van der Waals surface area contributed by atoms with E-state index >= 15 is 0 Å². The fraction of sp³-hybridized carbons (Fsp3) is 0.588. The number of H-pyrrole nitrogens is 2. The molecule has 3 aliphatic heterocycles. The van der Waals surface area contributed by atoms with Gasteiger partial charge >= 0.3 is 42.4 Å². The van der Waals surface area contributed by atoms with Crippen molar-refractivity contribution < 1.29 is 104 Å². The molecule has 0 aliphatic carbocycles. The van der Waals surface area contributed by atoms with Crippen molar-refractivity contribution in [2.75, 3.05) is 51.7 Å². The maximum Gasteiger partial charge on any atom is 0.490 e. The third kappa shape index (κ3) is 11.7. The smallest absolute Gasteiger partial charge is 0.388 e. The first-order chi connectivity index (χ1) is 34.7. The van der Waals surface area contributed by atoms with Gasteiger partial charge in [0.2, 0.25) is 11.7 Å². The van der Waals surface area contributed by atoms with E-state index in [9.17, 15) is 67.5 Å². The summed E-state index contributed by atoms with van der Waals surface area (Å²) in [6.45, 7) is -2.40. The molecule has 3 fully saturated rings. The van der Waals surface area contributed by atoms with Crippen LogP contribution in [0.2, 0.25) is 0 Å². The highest BCUT2D eigenvalue weighted by Gasteiger charge is 2.53. The Morgan fingerprint density at radius 1 is 0.797 bits per heavy atom. The Bertz CT molecular complexity index is 3260. The summed E-state index contributed by atoms with van der Waals surface area (Å²) >= 11 is 0. The third-order valence-electron chi connectivity index (χ3n) is 11.8. The van der Waals surface area contributed by atoms with Crippen LogP contribution in [0.1, 0.15) is 25.1 Å². The summed E-state index contributed by atoms with van der Waals surface area (Å²) in [5.41, 5.74) is 9.44. The molecule has 13 N–H and O–H groups in total. The van der Waals surface area contributed by atoms with Crippen LogP contribution in [0.15, 0.2) is 45.6 Å². The van der Waals surface area contributed by atoms with Gasteiger partial charge in [0.25, 0.3) is 17.1 Å². The predicted molar refractivity (Wildman–Crippen MR) is 241 cm³/mol. The lowest BCUT2D eigenvalue weighted by Gasteiger charge is -2.26. The van der Waals surface area contributed by atoms with Crippen LogP contribution in [-0.4, -0.2) is 168 Å². The van der Waals surface area contributed by atoms with Gasteiger partial charge in [-0.2, -0.15) is 8.62 Å². The Kier molecular flexibility index (Phi) is 16.1. The zero-order chi connectivity index (χ0) is 53.8. The number of aryl methyl sites for hydroxylation is 1. The number of hydrogen-bond donors (Lipinski definition) is 11. The maximum atomic E-state index is 13.8. The van der Waals surface area contributed by atoms with E-state index in [2.05, 4.69) is 33.5 Å². The van der Waals surface area contributed by atoms with E-state index < -0.39 is 147 Å². The minimum Gasteiger partial charge on any atom is -0.388 e. The molecule has 3 aliphatic rings. The number of aromatic nitrogens is 10. The quantitative estimate of drug-likeness (QED) is 0.0251. The largest absolute Gasteiger partial charge is 0.490 e. The van der Waals surface area contributed by atoms with E-state index in [4.69, 9.17) is 48.7 Å². The second-order valence-corrected chi connectivity index (χ2v) is 23.3. The Labute approximate surface area is 412 Å². The number of imidazole rings is 2. The first-order valence-corrected chi connectivity index (χ1v) is 27.7. The van der Waals surface area contributed by atoms with Gasteiger partial charge in [-0.15, -0.1) is 0 Å². The van der Waals surface area contributed by atoms with Crippen LogP contribution in [0.25, 0.3) is 22.3 Å². The number of anilines is 2. The van der Waals surface area contributed by atoms with Crippen molar-refractivity contribution in [3.05, 3.63) is 62.4 Å². The zero-order valence-electron chi connectivity index (χ0n) is 38.4. The number of hydrogen-bond acceptors (Lipinski definition) is 26. The van der Waals surface area contributed by atoms with Crippen LogP contribution in [0.3, 0.4) is 0 Å².